The largest absolute Gasteiger partial charge is 0.394 e. The Hall–Kier alpha value is -2.58. The Kier molecular flexibility index (Phi) is 7.71. The van der Waals surface area contributed by atoms with E-state index in [9.17, 15) is 10.2 Å². The molecule has 1 atom stereocenters. The molecule has 0 bridgehead atoms. The number of aryl methyl sites for hydroxylation is 1. The van der Waals surface area contributed by atoms with E-state index >= 15 is 0 Å². The van der Waals surface area contributed by atoms with Crippen molar-refractivity contribution in [2.75, 3.05) is 26.2 Å². The molecule has 1 fully saturated rings. The lowest BCUT2D eigenvalue weighted by molar-refractivity contribution is -0.0317. The standard InChI is InChI=1S/C28H38N4O3/c1-4-24-25(26-29-15-6-16-32(26)30-24)27(2,3)22-10-8-21(9-11-22)7-5-12-28(35)13-17-31(18-14-28)19-23(34)20-33/h5-11,15-16,23,33-35H,4,12-14,17-20H2,1-3H3/b7-5+/t23-/m1/s1. The van der Waals surface area contributed by atoms with E-state index in [1.165, 1.54) is 11.1 Å². The lowest BCUT2D eigenvalue weighted by Crippen LogP contribution is -2.46. The van der Waals surface area contributed by atoms with Crippen LogP contribution in [0.3, 0.4) is 0 Å². The van der Waals surface area contributed by atoms with Gasteiger partial charge in [-0.1, -0.05) is 57.2 Å². The fraction of sp³-hybridized carbons (Fsp3) is 0.500. The molecule has 1 saturated heterocycles. The van der Waals surface area contributed by atoms with Gasteiger partial charge < -0.3 is 20.2 Å². The minimum Gasteiger partial charge on any atom is -0.394 e. The number of hydrogen-bond donors (Lipinski definition) is 3. The Bertz CT molecular complexity index is 1140. The van der Waals surface area contributed by atoms with Gasteiger partial charge in [-0.25, -0.2) is 9.50 Å². The fourth-order valence-electron chi connectivity index (χ4n) is 5.10. The number of aliphatic hydroxyl groups is 3. The van der Waals surface area contributed by atoms with Crippen molar-refractivity contribution in [1.29, 1.82) is 0 Å². The van der Waals surface area contributed by atoms with Crippen molar-refractivity contribution in [2.24, 2.45) is 0 Å². The van der Waals surface area contributed by atoms with Gasteiger partial charge in [0.1, 0.15) is 0 Å². The second kappa shape index (κ2) is 10.6. The molecule has 1 aromatic carbocycles. The Morgan fingerprint density at radius 3 is 2.54 bits per heavy atom. The van der Waals surface area contributed by atoms with Gasteiger partial charge in [0.25, 0.3) is 0 Å². The third-order valence-corrected chi connectivity index (χ3v) is 7.33. The number of piperidine rings is 1. The maximum atomic E-state index is 10.9. The normalized spacial score (nSPS) is 17.9. The molecule has 0 spiro atoms. The predicted molar refractivity (Wildman–Crippen MR) is 138 cm³/mol. The van der Waals surface area contributed by atoms with Crippen molar-refractivity contribution in [3.05, 3.63) is 71.2 Å². The highest BCUT2D eigenvalue weighted by molar-refractivity contribution is 5.59. The van der Waals surface area contributed by atoms with Crippen LogP contribution < -0.4 is 0 Å². The highest BCUT2D eigenvalue weighted by Crippen LogP contribution is 2.36. The molecule has 3 aromatic rings. The predicted octanol–water partition coefficient (Wildman–Crippen LogP) is 3.20. The Morgan fingerprint density at radius 2 is 1.89 bits per heavy atom. The van der Waals surface area contributed by atoms with Crippen LogP contribution >= 0.6 is 0 Å². The first-order valence-corrected chi connectivity index (χ1v) is 12.6. The van der Waals surface area contributed by atoms with Gasteiger partial charge in [0.05, 0.1) is 24.0 Å². The van der Waals surface area contributed by atoms with Gasteiger partial charge >= 0.3 is 0 Å². The summed E-state index contributed by atoms with van der Waals surface area (Å²) in [5.41, 5.74) is 4.50. The molecule has 2 aromatic heterocycles. The Morgan fingerprint density at radius 1 is 1.17 bits per heavy atom. The van der Waals surface area contributed by atoms with E-state index in [4.69, 9.17) is 10.2 Å². The van der Waals surface area contributed by atoms with Crippen LogP contribution in [0.15, 0.2) is 48.8 Å². The van der Waals surface area contributed by atoms with Crippen LogP contribution in [0.2, 0.25) is 0 Å². The molecule has 3 N–H and O–H groups in total. The van der Waals surface area contributed by atoms with Crippen LogP contribution in [0.1, 0.15) is 62.4 Å². The Labute approximate surface area is 207 Å². The van der Waals surface area contributed by atoms with Gasteiger partial charge in [-0.05, 0) is 42.9 Å². The molecule has 7 heteroatoms. The molecule has 0 unspecified atom stereocenters. The zero-order valence-corrected chi connectivity index (χ0v) is 21.1. The summed E-state index contributed by atoms with van der Waals surface area (Å²) in [5, 5.41) is 34.4. The molecule has 3 heterocycles. The second-order valence-corrected chi connectivity index (χ2v) is 10.3. The van der Waals surface area contributed by atoms with Crippen molar-refractivity contribution >= 4 is 11.7 Å². The summed E-state index contributed by atoms with van der Waals surface area (Å²) in [6.07, 6.45) is 9.97. The molecule has 7 nitrogen and oxygen atoms in total. The third-order valence-electron chi connectivity index (χ3n) is 7.33. The van der Waals surface area contributed by atoms with Gasteiger partial charge in [-0.2, -0.15) is 5.10 Å². The minimum atomic E-state index is -0.716. The maximum absolute atomic E-state index is 10.9. The average molecular weight is 479 g/mol. The summed E-state index contributed by atoms with van der Waals surface area (Å²) < 4.78 is 1.87. The number of nitrogens with zero attached hydrogens (tertiary/aromatic N) is 4. The van der Waals surface area contributed by atoms with Crippen molar-refractivity contribution in [1.82, 2.24) is 19.5 Å². The molecule has 0 amide bonds. The van der Waals surface area contributed by atoms with Crippen molar-refractivity contribution in [3.8, 4) is 0 Å². The lowest BCUT2D eigenvalue weighted by atomic mass is 9.77. The van der Waals surface area contributed by atoms with E-state index in [0.717, 1.165) is 36.4 Å². The first-order chi connectivity index (χ1) is 16.8. The van der Waals surface area contributed by atoms with E-state index in [2.05, 4.69) is 67.1 Å². The van der Waals surface area contributed by atoms with Gasteiger partial charge in [0.2, 0.25) is 0 Å². The van der Waals surface area contributed by atoms with E-state index in [1.54, 1.807) is 0 Å². The molecule has 0 saturated carbocycles. The van der Waals surface area contributed by atoms with E-state index < -0.39 is 11.7 Å². The highest BCUT2D eigenvalue weighted by Gasteiger charge is 2.32. The first kappa shape index (κ1) is 25.5. The van der Waals surface area contributed by atoms with Gasteiger partial charge in [-0.3, -0.25) is 0 Å². The molecule has 4 rings (SSSR count). The fourth-order valence-corrected chi connectivity index (χ4v) is 5.10. The molecule has 1 aliphatic heterocycles. The van der Waals surface area contributed by atoms with E-state index in [-0.39, 0.29) is 12.0 Å². The number of fused-ring (bicyclic) bond motifs is 1. The molecule has 1 aliphatic rings. The Balaban J connectivity index is 1.42. The summed E-state index contributed by atoms with van der Waals surface area (Å²) in [4.78, 5) is 6.71. The van der Waals surface area contributed by atoms with E-state index in [1.807, 2.05) is 23.0 Å². The number of benzene rings is 1. The van der Waals surface area contributed by atoms with E-state index in [0.29, 0.717) is 25.8 Å². The van der Waals surface area contributed by atoms with Crippen molar-refractivity contribution < 1.29 is 15.3 Å². The third kappa shape index (κ3) is 5.64. The zero-order valence-electron chi connectivity index (χ0n) is 21.1. The summed E-state index contributed by atoms with van der Waals surface area (Å²) in [6, 6.07) is 10.5. The SMILES string of the molecule is CCc1nn2cccnc2c1C(C)(C)c1ccc(/C=C/CC2(O)CCN(C[C@@H](O)CO)CC2)cc1. The molecule has 0 aliphatic carbocycles. The molecular formula is C28H38N4O3. The van der Waals surface area contributed by atoms with Crippen LogP contribution in [0, 0.1) is 0 Å². The highest BCUT2D eigenvalue weighted by atomic mass is 16.3. The summed E-state index contributed by atoms with van der Waals surface area (Å²) in [6.45, 7) is 8.26. The second-order valence-electron chi connectivity index (χ2n) is 10.3. The first-order valence-electron chi connectivity index (χ1n) is 12.6. The molecule has 188 valence electrons. The van der Waals surface area contributed by atoms with Crippen LogP contribution in [0.25, 0.3) is 11.7 Å². The quantitative estimate of drug-likeness (QED) is 0.437. The number of aromatic nitrogens is 3. The number of aliphatic hydroxyl groups excluding tert-OH is 2. The lowest BCUT2D eigenvalue weighted by Gasteiger charge is -2.38. The van der Waals surface area contributed by atoms with Crippen LogP contribution in [-0.2, 0) is 11.8 Å². The van der Waals surface area contributed by atoms with Crippen molar-refractivity contribution in [2.45, 2.75) is 63.6 Å². The van der Waals surface area contributed by atoms with Crippen LogP contribution in [-0.4, -0.2) is 72.8 Å². The van der Waals surface area contributed by atoms with Crippen LogP contribution in [0.4, 0.5) is 0 Å². The smallest absolute Gasteiger partial charge is 0.159 e. The number of β-amino-alcohol motifs (C(OH)–C–C–N with tert-alkyl or cyclic N) is 1. The number of rotatable bonds is 9. The molecule has 35 heavy (non-hydrogen) atoms. The maximum Gasteiger partial charge on any atom is 0.159 e. The van der Waals surface area contributed by atoms with Gasteiger partial charge in [0, 0.05) is 43.0 Å². The summed E-state index contributed by atoms with van der Waals surface area (Å²) in [7, 11) is 0. The summed E-state index contributed by atoms with van der Waals surface area (Å²) >= 11 is 0. The zero-order chi connectivity index (χ0) is 25.1. The van der Waals surface area contributed by atoms with Crippen LogP contribution in [0.5, 0.6) is 0 Å². The molecular weight excluding hydrogens is 440 g/mol. The minimum absolute atomic E-state index is 0.227. The molecule has 0 radical (unpaired) electrons. The van der Waals surface area contributed by atoms with Gasteiger partial charge in [-0.15, -0.1) is 0 Å². The van der Waals surface area contributed by atoms with Crippen molar-refractivity contribution in [3.63, 3.8) is 0 Å². The number of likely N-dealkylation sites (tertiary alicyclic amines) is 1. The van der Waals surface area contributed by atoms with Gasteiger partial charge in [0.15, 0.2) is 5.65 Å². The number of hydrogen-bond acceptors (Lipinski definition) is 6. The monoisotopic (exact) mass is 478 g/mol. The summed E-state index contributed by atoms with van der Waals surface area (Å²) in [5.74, 6) is 0. The average Bonchev–Trinajstić information content (AvgIpc) is 3.25. The topological polar surface area (TPSA) is 94.1 Å².